The fraction of sp³-hybridized carbons (Fsp3) is 0.238. The third-order valence-electron chi connectivity index (χ3n) is 4.87. The van der Waals surface area contributed by atoms with Crippen LogP contribution >= 0.6 is 11.6 Å². The number of ether oxygens (including phenoxy) is 1. The highest BCUT2D eigenvalue weighted by Gasteiger charge is 2.23. The van der Waals surface area contributed by atoms with Crippen molar-refractivity contribution < 1.29 is 9.53 Å². The number of halogens is 1. The lowest BCUT2D eigenvalue weighted by molar-refractivity contribution is 0.208. The fourth-order valence-electron chi connectivity index (χ4n) is 3.27. The minimum absolute atomic E-state index is 0.194. The maximum absolute atomic E-state index is 12.7. The van der Waals surface area contributed by atoms with E-state index in [1.807, 2.05) is 24.3 Å². The number of aromatic nitrogens is 3. The summed E-state index contributed by atoms with van der Waals surface area (Å²) in [7, 11) is 1.55. The lowest BCUT2D eigenvalue weighted by Gasteiger charge is -2.35. The molecule has 0 bridgehead atoms. The van der Waals surface area contributed by atoms with Crippen molar-refractivity contribution in [3.8, 4) is 5.75 Å². The van der Waals surface area contributed by atoms with Gasteiger partial charge in [-0.15, -0.1) is 0 Å². The number of hydrogen-bond donors (Lipinski definition) is 2. The summed E-state index contributed by atoms with van der Waals surface area (Å²) in [6.45, 7) is 2.42. The predicted octanol–water partition coefficient (Wildman–Crippen LogP) is 3.63. The number of nitrogens with zero attached hydrogens (tertiary/aromatic N) is 5. The summed E-state index contributed by atoms with van der Waals surface area (Å²) < 4.78 is 5.29. The van der Waals surface area contributed by atoms with Gasteiger partial charge >= 0.3 is 6.03 Å². The van der Waals surface area contributed by atoms with Crippen LogP contribution in [0.4, 0.5) is 27.9 Å². The van der Waals surface area contributed by atoms with Crippen LogP contribution in [0.15, 0.2) is 55.0 Å². The van der Waals surface area contributed by atoms with Gasteiger partial charge in [-0.2, -0.15) is 0 Å². The van der Waals surface area contributed by atoms with E-state index in [2.05, 4.69) is 30.5 Å². The van der Waals surface area contributed by atoms with Gasteiger partial charge in [0.15, 0.2) is 0 Å². The number of urea groups is 1. The van der Waals surface area contributed by atoms with Crippen molar-refractivity contribution in [1.29, 1.82) is 0 Å². The molecule has 2 N–H and O–H groups in total. The Bertz CT molecular complexity index is 1040. The highest BCUT2D eigenvalue weighted by molar-refractivity contribution is 6.31. The molecule has 10 heteroatoms. The number of piperazine rings is 1. The van der Waals surface area contributed by atoms with Crippen LogP contribution in [-0.4, -0.2) is 59.2 Å². The number of rotatable bonds is 5. The predicted molar refractivity (Wildman–Crippen MR) is 120 cm³/mol. The second-order valence-corrected chi connectivity index (χ2v) is 7.29. The molecule has 0 unspecified atom stereocenters. The van der Waals surface area contributed by atoms with Crippen LogP contribution in [0, 0.1) is 0 Å². The lowest BCUT2D eigenvalue weighted by atomic mass is 10.3. The fourth-order valence-corrected chi connectivity index (χ4v) is 3.44. The Morgan fingerprint density at radius 2 is 1.87 bits per heavy atom. The van der Waals surface area contributed by atoms with E-state index in [1.165, 1.54) is 6.33 Å². The van der Waals surface area contributed by atoms with E-state index >= 15 is 0 Å². The zero-order chi connectivity index (χ0) is 21.6. The van der Waals surface area contributed by atoms with Crippen molar-refractivity contribution in [1.82, 2.24) is 19.9 Å². The number of amides is 2. The van der Waals surface area contributed by atoms with Crippen molar-refractivity contribution in [2.24, 2.45) is 0 Å². The molecule has 1 fully saturated rings. The number of pyridine rings is 1. The van der Waals surface area contributed by atoms with Crippen LogP contribution in [0.2, 0.25) is 5.02 Å². The van der Waals surface area contributed by atoms with Gasteiger partial charge in [-0.05, 0) is 30.3 Å². The van der Waals surface area contributed by atoms with Crippen molar-refractivity contribution in [3.63, 3.8) is 0 Å². The highest BCUT2D eigenvalue weighted by atomic mass is 35.5. The molecule has 4 rings (SSSR count). The molecule has 3 heterocycles. The molecule has 0 radical (unpaired) electrons. The van der Waals surface area contributed by atoms with Gasteiger partial charge in [0.2, 0.25) is 0 Å². The van der Waals surface area contributed by atoms with Gasteiger partial charge in [0.1, 0.15) is 29.5 Å². The van der Waals surface area contributed by atoms with Gasteiger partial charge in [0, 0.05) is 43.5 Å². The van der Waals surface area contributed by atoms with E-state index < -0.39 is 0 Å². The van der Waals surface area contributed by atoms with E-state index in [4.69, 9.17) is 16.3 Å². The Kier molecular flexibility index (Phi) is 6.32. The first-order valence-electron chi connectivity index (χ1n) is 9.77. The van der Waals surface area contributed by atoms with Crippen LogP contribution in [0.1, 0.15) is 0 Å². The molecule has 2 amide bonds. The minimum Gasteiger partial charge on any atom is -0.495 e. The number of carbonyl (C=O) groups is 1. The first-order valence-corrected chi connectivity index (χ1v) is 10.1. The molecule has 1 aromatic carbocycles. The average molecular weight is 440 g/mol. The van der Waals surface area contributed by atoms with E-state index in [-0.39, 0.29) is 6.03 Å². The Morgan fingerprint density at radius 1 is 1.03 bits per heavy atom. The van der Waals surface area contributed by atoms with Crippen LogP contribution in [0.5, 0.6) is 5.75 Å². The van der Waals surface area contributed by atoms with Crippen LogP contribution in [-0.2, 0) is 0 Å². The average Bonchev–Trinajstić information content (AvgIpc) is 2.80. The minimum atomic E-state index is -0.194. The molecule has 2 aromatic heterocycles. The summed E-state index contributed by atoms with van der Waals surface area (Å²) in [6, 6.07) is 12.4. The highest BCUT2D eigenvalue weighted by Crippen LogP contribution is 2.28. The van der Waals surface area contributed by atoms with E-state index in [0.717, 1.165) is 5.82 Å². The van der Waals surface area contributed by atoms with Gasteiger partial charge < -0.3 is 25.2 Å². The molecular formula is C21H22ClN7O2. The number of anilines is 4. The van der Waals surface area contributed by atoms with Crippen LogP contribution in [0.3, 0.4) is 0 Å². The molecule has 31 heavy (non-hydrogen) atoms. The second kappa shape index (κ2) is 9.48. The summed E-state index contributed by atoms with van der Waals surface area (Å²) in [6.07, 6.45) is 3.23. The van der Waals surface area contributed by atoms with E-state index in [9.17, 15) is 4.79 Å². The summed E-state index contributed by atoms with van der Waals surface area (Å²) >= 11 is 6.05. The van der Waals surface area contributed by atoms with E-state index in [1.54, 1.807) is 36.4 Å². The summed E-state index contributed by atoms with van der Waals surface area (Å²) in [5, 5.41) is 6.57. The van der Waals surface area contributed by atoms with Crippen molar-refractivity contribution in [2.45, 2.75) is 0 Å². The maximum Gasteiger partial charge on any atom is 0.322 e. The molecule has 1 aliphatic heterocycles. The largest absolute Gasteiger partial charge is 0.495 e. The van der Waals surface area contributed by atoms with Crippen LogP contribution < -0.4 is 20.3 Å². The number of benzene rings is 1. The third kappa shape index (κ3) is 5.13. The van der Waals surface area contributed by atoms with Gasteiger partial charge in [-0.1, -0.05) is 17.7 Å². The van der Waals surface area contributed by atoms with Gasteiger partial charge in [-0.3, -0.25) is 0 Å². The SMILES string of the molecule is COc1ccc(Cl)cc1NC(=O)N1CCN(c2cc(Nc3ccccn3)ncn2)CC1. The van der Waals surface area contributed by atoms with Gasteiger partial charge in [-0.25, -0.2) is 19.7 Å². The lowest BCUT2D eigenvalue weighted by Crippen LogP contribution is -2.50. The Hall–Kier alpha value is -3.59. The molecule has 1 aliphatic rings. The zero-order valence-electron chi connectivity index (χ0n) is 17.0. The topological polar surface area (TPSA) is 95.5 Å². The normalized spacial score (nSPS) is 13.6. The second-order valence-electron chi connectivity index (χ2n) is 6.85. The smallest absolute Gasteiger partial charge is 0.322 e. The molecule has 3 aromatic rings. The molecule has 0 spiro atoms. The number of carbonyl (C=O) groups excluding carboxylic acids is 1. The standard InChI is InChI=1S/C21H22ClN7O2/c1-31-17-6-5-15(22)12-16(17)26-21(30)29-10-8-28(9-11-29)20-13-19(24-14-25-20)27-18-4-2-3-7-23-18/h2-7,12-14H,8-11H2,1H3,(H,26,30)(H,23,24,25,27). The number of hydrogen-bond acceptors (Lipinski definition) is 7. The van der Waals surface area contributed by atoms with E-state index in [0.29, 0.717) is 54.3 Å². The molecule has 160 valence electrons. The quantitative estimate of drug-likeness (QED) is 0.626. The number of nitrogens with one attached hydrogen (secondary N) is 2. The molecule has 0 saturated carbocycles. The van der Waals surface area contributed by atoms with Gasteiger partial charge in [0.05, 0.1) is 12.8 Å². The number of methoxy groups -OCH3 is 1. The van der Waals surface area contributed by atoms with Crippen molar-refractivity contribution in [3.05, 3.63) is 60.0 Å². The first-order chi connectivity index (χ1) is 15.1. The van der Waals surface area contributed by atoms with Crippen molar-refractivity contribution >= 4 is 40.8 Å². The summed E-state index contributed by atoms with van der Waals surface area (Å²) in [5.74, 6) is 2.73. The van der Waals surface area contributed by atoms with Crippen molar-refractivity contribution in [2.75, 3.05) is 48.8 Å². The monoisotopic (exact) mass is 439 g/mol. The molecule has 0 aliphatic carbocycles. The van der Waals surface area contributed by atoms with Gasteiger partial charge in [0.25, 0.3) is 0 Å². The Morgan fingerprint density at radius 3 is 2.61 bits per heavy atom. The summed E-state index contributed by atoms with van der Waals surface area (Å²) in [5.41, 5.74) is 0.545. The Labute approximate surface area is 185 Å². The molecule has 0 atom stereocenters. The molecule has 9 nitrogen and oxygen atoms in total. The summed E-state index contributed by atoms with van der Waals surface area (Å²) in [4.78, 5) is 29.5. The Balaban J connectivity index is 1.36. The molecular weight excluding hydrogens is 418 g/mol. The molecule has 1 saturated heterocycles. The maximum atomic E-state index is 12.7. The first kappa shape index (κ1) is 20.7. The third-order valence-corrected chi connectivity index (χ3v) is 5.10. The van der Waals surface area contributed by atoms with Crippen LogP contribution in [0.25, 0.3) is 0 Å². The zero-order valence-corrected chi connectivity index (χ0v) is 17.7.